The predicted octanol–water partition coefficient (Wildman–Crippen LogP) is 0.601. The van der Waals surface area contributed by atoms with Crippen LogP contribution in [0.1, 0.15) is 12.8 Å². The molecule has 0 N–H and O–H groups in total. The van der Waals surface area contributed by atoms with Crippen LogP contribution in [0.5, 0.6) is 0 Å². The van der Waals surface area contributed by atoms with Gasteiger partial charge < -0.3 is 0 Å². The minimum atomic E-state index is -3.74. The first-order chi connectivity index (χ1) is 9.76. The van der Waals surface area contributed by atoms with Gasteiger partial charge in [-0.2, -0.15) is 28.8 Å². The topological polar surface area (TPSA) is 74.8 Å². The Kier molecular flexibility index (Phi) is 5.87. The van der Waals surface area contributed by atoms with E-state index in [1.807, 2.05) is 0 Å². The molecule has 0 aromatic rings. The molecule has 2 aliphatic rings. The van der Waals surface area contributed by atoms with Crippen LogP contribution in [0, 0.1) is 5.92 Å². The molecule has 6 nitrogen and oxygen atoms in total. The number of rotatable bonds is 4. The van der Waals surface area contributed by atoms with E-state index >= 15 is 0 Å². The van der Waals surface area contributed by atoms with Gasteiger partial charge >= 0.3 is 0 Å². The minimum absolute atomic E-state index is 0.144. The third-order valence-corrected chi connectivity index (χ3v) is 9.08. The highest BCUT2D eigenvalue weighted by molar-refractivity contribution is 8.01. The fraction of sp³-hybridized carbons (Fsp3) is 1.00. The largest absolute Gasteiger partial charge is 0.283 e. The maximum Gasteiger partial charge on any atom is 0.283 e. The molecule has 0 saturated carbocycles. The third-order valence-electron chi connectivity index (χ3n) is 3.85. The van der Waals surface area contributed by atoms with Crippen molar-refractivity contribution in [2.45, 2.75) is 18.2 Å². The first kappa shape index (κ1) is 17.8. The lowest BCUT2D eigenvalue weighted by Gasteiger charge is -2.39. The maximum atomic E-state index is 12.8. The van der Waals surface area contributed by atoms with Gasteiger partial charge in [-0.1, -0.05) is 0 Å². The fourth-order valence-electron chi connectivity index (χ4n) is 2.68. The average Bonchev–Trinajstić information content (AvgIpc) is 2.46. The van der Waals surface area contributed by atoms with E-state index in [0.717, 1.165) is 23.4 Å². The normalized spacial score (nSPS) is 30.4. The highest BCUT2D eigenvalue weighted by Crippen LogP contribution is 2.28. The van der Waals surface area contributed by atoms with Gasteiger partial charge in [-0.3, -0.25) is 0 Å². The van der Waals surface area contributed by atoms with Crippen molar-refractivity contribution in [2.75, 3.05) is 43.3 Å². The van der Waals surface area contributed by atoms with Crippen LogP contribution in [0.2, 0.25) is 0 Å². The molecular formula is C11H21ClN2O4S3. The Labute approximate surface area is 136 Å². The molecule has 0 aromatic heterocycles. The molecule has 124 valence electrons. The number of alkyl halides is 1. The molecule has 2 saturated heterocycles. The van der Waals surface area contributed by atoms with Gasteiger partial charge in [0.1, 0.15) is 5.37 Å². The number of sulfone groups is 1. The SMILES string of the molecule is CS(=O)(=O)C1CSCCN1S(=O)(=O)N1CCCC(CCl)C1. The molecule has 0 aromatic carbocycles. The van der Waals surface area contributed by atoms with Crippen molar-refractivity contribution in [3.8, 4) is 0 Å². The Morgan fingerprint density at radius 3 is 2.57 bits per heavy atom. The average molecular weight is 377 g/mol. The van der Waals surface area contributed by atoms with Gasteiger partial charge in [-0.05, 0) is 18.8 Å². The van der Waals surface area contributed by atoms with Crippen molar-refractivity contribution in [2.24, 2.45) is 5.92 Å². The third kappa shape index (κ3) is 4.06. The Morgan fingerprint density at radius 2 is 1.95 bits per heavy atom. The van der Waals surface area contributed by atoms with Crippen molar-refractivity contribution in [3.63, 3.8) is 0 Å². The van der Waals surface area contributed by atoms with Crippen LogP contribution in [-0.4, -0.2) is 74.1 Å². The molecule has 0 bridgehead atoms. The molecule has 0 aliphatic carbocycles. The van der Waals surface area contributed by atoms with Crippen molar-refractivity contribution in [1.82, 2.24) is 8.61 Å². The van der Waals surface area contributed by atoms with Crippen molar-refractivity contribution >= 4 is 43.4 Å². The second-order valence-corrected chi connectivity index (χ2v) is 11.0. The fourth-order valence-corrected chi connectivity index (χ4v) is 8.37. The number of nitrogens with zero attached hydrogens (tertiary/aromatic N) is 2. The molecule has 0 spiro atoms. The number of piperidine rings is 1. The summed E-state index contributed by atoms with van der Waals surface area (Å²) >= 11 is 7.33. The van der Waals surface area contributed by atoms with E-state index in [9.17, 15) is 16.8 Å². The lowest BCUT2D eigenvalue weighted by molar-refractivity contribution is 0.258. The second-order valence-electron chi connectivity index (χ2n) is 5.50. The van der Waals surface area contributed by atoms with E-state index in [1.165, 1.54) is 16.1 Å². The van der Waals surface area contributed by atoms with E-state index in [2.05, 4.69) is 0 Å². The van der Waals surface area contributed by atoms with Crippen molar-refractivity contribution in [3.05, 3.63) is 0 Å². The molecule has 2 fully saturated rings. The van der Waals surface area contributed by atoms with Gasteiger partial charge in [0, 0.05) is 43.3 Å². The number of hydrogen-bond donors (Lipinski definition) is 0. The summed E-state index contributed by atoms with van der Waals surface area (Å²) in [5.41, 5.74) is 0. The summed E-state index contributed by atoms with van der Waals surface area (Å²) in [7, 11) is -7.19. The van der Waals surface area contributed by atoms with Crippen LogP contribution in [0.25, 0.3) is 0 Å². The van der Waals surface area contributed by atoms with Crippen molar-refractivity contribution in [1.29, 1.82) is 0 Å². The van der Waals surface area contributed by atoms with Gasteiger partial charge in [0.05, 0.1) is 0 Å². The summed E-state index contributed by atoms with van der Waals surface area (Å²) in [5.74, 6) is 1.49. The van der Waals surface area contributed by atoms with E-state index < -0.39 is 25.4 Å². The molecule has 10 heteroatoms. The predicted molar refractivity (Wildman–Crippen MR) is 86.6 cm³/mol. The van der Waals surface area contributed by atoms with Crippen LogP contribution in [0.3, 0.4) is 0 Å². The van der Waals surface area contributed by atoms with Crippen LogP contribution in [0.4, 0.5) is 0 Å². The van der Waals surface area contributed by atoms with Gasteiger partial charge in [-0.15, -0.1) is 11.6 Å². The van der Waals surface area contributed by atoms with Gasteiger partial charge in [-0.25, -0.2) is 8.42 Å². The molecule has 0 radical (unpaired) electrons. The zero-order chi connectivity index (χ0) is 15.7. The summed E-state index contributed by atoms with van der Waals surface area (Å²) in [4.78, 5) is 0. The Bertz CT molecular complexity index is 566. The highest BCUT2D eigenvalue weighted by Gasteiger charge is 2.42. The minimum Gasteiger partial charge on any atom is -0.227 e. The second kappa shape index (κ2) is 6.92. The zero-order valence-electron chi connectivity index (χ0n) is 11.9. The summed E-state index contributed by atoms with van der Waals surface area (Å²) in [6.45, 7) is 1.06. The Hall–Kier alpha value is 0.460. The summed E-state index contributed by atoms with van der Waals surface area (Å²) < 4.78 is 51.9. The molecular weight excluding hydrogens is 356 g/mol. The standard InChI is InChI=1S/C11H21ClN2O4S3/c1-20(15,16)11-9-19-6-5-14(11)21(17,18)13-4-2-3-10(7-12)8-13/h10-11H,2-9H2,1H3. The van der Waals surface area contributed by atoms with Crippen LogP contribution in [0.15, 0.2) is 0 Å². The lowest BCUT2D eigenvalue weighted by Crippen LogP contribution is -2.56. The maximum absolute atomic E-state index is 12.8. The first-order valence-electron chi connectivity index (χ1n) is 6.86. The summed E-state index contributed by atoms with van der Waals surface area (Å²) in [5, 5.41) is -0.961. The van der Waals surface area contributed by atoms with E-state index in [4.69, 9.17) is 11.6 Å². The van der Waals surface area contributed by atoms with Crippen LogP contribution >= 0.6 is 23.4 Å². The molecule has 2 aliphatic heterocycles. The van der Waals surface area contributed by atoms with Crippen molar-refractivity contribution < 1.29 is 16.8 Å². The first-order valence-corrected chi connectivity index (χ1v) is 11.9. The quantitative estimate of drug-likeness (QED) is 0.672. The lowest BCUT2D eigenvalue weighted by atomic mass is 10.0. The van der Waals surface area contributed by atoms with Crippen LogP contribution < -0.4 is 0 Å². The van der Waals surface area contributed by atoms with E-state index in [0.29, 0.717) is 30.5 Å². The number of thioether (sulfide) groups is 1. The number of hydrogen-bond acceptors (Lipinski definition) is 5. The smallest absolute Gasteiger partial charge is 0.227 e. The monoisotopic (exact) mass is 376 g/mol. The Morgan fingerprint density at radius 1 is 1.24 bits per heavy atom. The zero-order valence-corrected chi connectivity index (χ0v) is 15.1. The Balaban J connectivity index is 2.24. The van der Waals surface area contributed by atoms with E-state index in [-0.39, 0.29) is 12.5 Å². The van der Waals surface area contributed by atoms with Crippen LogP contribution in [-0.2, 0) is 20.0 Å². The molecule has 2 heterocycles. The number of halogens is 1. The summed E-state index contributed by atoms with van der Waals surface area (Å²) in [6, 6.07) is 0. The van der Waals surface area contributed by atoms with E-state index in [1.54, 1.807) is 0 Å². The summed E-state index contributed by atoms with van der Waals surface area (Å²) in [6.07, 6.45) is 2.79. The van der Waals surface area contributed by atoms with Gasteiger partial charge in [0.25, 0.3) is 10.2 Å². The molecule has 2 unspecified atom stereocenters. The molecule has 21 heavy (non-hydrogen) atoms. The molecule has 2 atom stereocenters. The highest BCUT2D eigenvalue weighted by atomic mass is 35.5. The van der Waals surface area contributed by atoms with Gasteiger partial charge in [0.15, 0.2) is 9.84 Å². The van der Waals surface area contributed by atoms with Gasteiger partial charge in [0.2, 0.25) is 0 Å². The molecule has 0 amide bonds. The molecule has 2 rings (SSSR count).